The second-order valence-electron chi connectivity index (χ2n) is 15.1. The van der Waals surface area contributed by atoms with Crippen LogP contribution in [0.4, 0.5) is 0 Å². The van der Waals surface area contributed by atoms with Gasteiger partial charge in [-0.25, -0.2) is 0 Å². The third-order valence-corrected chi connectivity index (χ3v) is 8.68. The predicted octanol–water partition coefficient (Wildman–Crippen LogP) is 17.8. The largest absolute Gasteiger partial charge is 0.100 e. The molecule has 0 amide bonds. The Bertz CT molecular complexity index is 826. The third-order valence-electron chi connectivity index (χ3n) is 8.68. The molecule has 0 heteroatoms. The summed E-state index contributed by atoms with van der Waals surface area (Å²) >= 11 is 0. The van der Waals surface area contributed by atoms with Crippen molar-refractivity contribution in [2.75, 3.05) is 0 Å². The van der Waals surface area contributed by atoms with Crippen LogP contribution in [0.1, 0.15) is 217 Å². The topological polar surface area (TPSA) is 0 Å². The Hall–Kier alpha value is -1.82. The van der Waals surface area contributed by atoms with Gasteiger partial charge in [-0.15, -0.1) is 6.58 Å². The minimum absolute atomic E-state index is 0.897. The first-order valence-electron chi connectivity index (χ1n) is 20.5. The van der Waals surface area contributed by atoms with Crippen molar-refractivity contribution in [3.8, 4) is 0 Å². The Labute approximate surface area is 305 Å². The van der Waals surface area contributed by atoms with Crippen molar-refractivity contribution in [1.29, 1.82) is 0 Å². The number of rotatable bonds is 28. The van der Waals surface area contributed by atoms with Crippen LogP contribution in [0.25, 0.3) is 0 Å². The van der Waals surface area contributed by atoms with Crippen LogP contribution in [0.3, 0.4) is 0 Å². The minimum Gasteiger partial charge on any atom is -0.100 e. The van der Waals surface area contributed by atoms with Crippen LogP contribution < -0.4 is 0 Å². The van der Waals surface area contributed by atoms with Crippen molar-refractivity contribution in [3.05, 3.63) is 83.1 Å². The molecule has 0 spiro atoms. The summed E-state index contributed by atoms with van der Waals surface area (Å²) in [5.41, 5.74) is 9.72. The van der Waals surface area contributed by atoms with Crippen LogP contribution in [0.5, 0.6) is 0 Å². The molecule has 0 aromatic carbocycles. The van der Waals surface area contributed by atoms with Gasteiger partial charge in [-0.1, -0.05) is 181 Å². The molecule has 0 saturated carbocycles. The molecule has 0 unspecified atom stereocenters. The molecule has 280 valence electrons. The van der Waals surface area contributed by atoms with E-state index >= 15 is 0 Å². The summed E-state index contributed by atoms with van der Waals surface area (Å²) in [6, 6.07) is 0. The standard InChI is InChI=1S/C38H66.C8H16.C2H6/c1-32(2)22-20-28-37(8)30-35(6)26-18-14-10-12-16-24-34(5)25-17-13-11-15-19-27-36(7)31-38(9)29-21-23-33(3)4;1-4-5-6-7-8(2)3;1-2/h22-23,30-31,34H,6-7,10-21,24-29H2,1-5,8-9H3;2,4-7H2,1,3H3;1-2H3/b37-30+,38-31+;;. The Morgan fingerprint density at radius 2 is 0.833 bits per heavy atom. The van der Waals surface area contributed by atoms with Crippen molar-refractivity contribution in [3.63, 3.8) is 0 Å². The molecule has 0 bridgehead atoms. The first kappa shape index (κ1) is 50.6. The lowest BCUT2D eigenvalue weighted by atomic mass is 9.95. The third kappa shape index (κ3) is 44.2. The van der Waals surface area contributed by atoms with Crippen molar-refractivity contribution in [2.24, 2.45) is 5.92 Å². The molecule has 0 atom stereocenters. The van der Waals surface area contributed by atoms with Crippen molar-refractivity contribution >= 4 is 0 Å². The summed E-state index contributed by atoms with van der Waals surface area (Å²) in [6.45, 7) is 36.4. The van der Waals surface area contributed by atoms with Gasteiger partial charge in [0, 0.05) is 0 Å². The lowest BCUT2D eigenvalue weighted by molar-refractivity contribution is 0.432. The van der Waals surface area contributed by atoms with Gasteiger partial charge in [0.15, 0.2) is 0 Å². The van der Waals surface area contributed by atoms with E-state index in [-0.39, 0.29) is 0 Å². The molecule has 0 fully saturated rings. The second kappa shape index (κ2) is 38.0. The van der Waals surface area contributed by atoms with Gasteiger partial charge < -0.3 is 0 Å². The van der Waals surface area contributed by atoms with Crippen LogP contribution in [0, 0.1) is 5.92 Å². The first-order chi connectivity index (χ1) is 22.9. The molecule has 0 heterocycles. The van der Waals surface area contributed by atoms with Gasteiger partial charge in [-0.3, -0.25) is 0 Å². The Morgan fingerprint density at radius 1 is 0.479 bits per heavy atom. The van der Waals surface area contributed by atoms with Gasteiger partial charge in [0.05, 0.1) is 0 Å². The van der Waals surface area contributed by atoms with Gasteiger partial charge in [-0.05, 0) is 119 Å². The molecule has 0 nitrogen and oxygen atoms in total. The molecule has 0 aliphatic rings. The fourth-order valence-corrected chi connectivity index (χ4v) is 5.73. The molecule has 0 aromatic rings. The van der Waals surface area contributed by atoms with E-state index in [1.807, 2.05) is 13.8 Å². The predicted molar refractivity (Wildman–Crippen MR) is 227 cm³/mol. The molecule has 48 heavy (non-hydrogen) atoms. The molecule has 0 rings (SSSR count). The Morgan fingerprint density at radius 3 is 1.19 bits per heavy atom. The Kier molecular flexibility index (Phi) is 40.0. The maximum Gasteiger partial charge on any atom is -0.0285 e. The van der Waals surface area contributed by atoms with Crippen LogP contribution >= 0.6 is 0 Å². The molecular formula is C48H88. The lowest BCUT2D eigenvalue weighted by Crippen LogP contribution is -1.95. The van der Waals surface area contributed by atoms with Crippen LogP contribution in [-0.2, 0) is 0 Å². The summed E-state index contributed by atoms with van der Waals surface area (Å²) in [7, 11) is 0. The summed E-state index contributed by atoms with van der Waals surface area (Å²) in [6.07, 6.45) is 38.0. The van der Waals surface area contributed by atoms with Crippen molar-refractivity contribution in [1.82, 2.24) is 0 Å². The van der Waals surface area contributed by atoms with E-state index in [1.165, 1.54) is 142 Å². The molecule has 0 radical (unpaired) electrons. The summed E-state index contributed by atoms with van der Waals surface area (Å²) in [5, 5.41) is 0. The van der Waals surface area contributed by atoms with E-state index in [0.717, 1.165) is 44.4 Å². The molecular weight excluding hydrogens is 577 g/mol. The normalized spacial score (nSPS) is 11.2. The quantitative estimate of drug-likeness (QED) is 0.0443. The lowest BCUT2D eigenvalue weighted by Gasteiger charge is -2.11. The molecule has 0 aliphatic carbocycles. The molecule has 0 aromatic heterocycles. The average molecular weight is 665 g/mol. The van der Waals surface area contributed by atoms with Crippen molar-refractivity contribution in [2.45, 2.75) is 217 Å². The van der Waals surface area contributed by atoms with E-state index in [2.05, 4.69) is 106 Å². The number of allylic oxidation sites excluding steroid dienone is 11. The highest BCUT2D eigenvalue weighted by Crippen LogP contribution is 2.20. The molecule has 0 N–H and O–H groups in total. The van der Waals surface area contributed by atoms with Crippen LogP contribution in [0.15, 0.2) is 83.1 Å². The summed E-state index contributed by atoms with van der Waals surface area (Å²) in [5.74, 6) is 0.897. The SMILES string of the molecule is C=C(/C=C(\C)CCC=C(C)C)CCCCCCCC(C)CCCCCCCC(=C)/C=C(\C)CCC=C(C)C.C=C(C)CCCCC.CC. The van der Waals surface area contributed by atoms with Crippen LogP contribution in [0.2, 0.25) is 0 Å². The highest BCUT2D eigenvalue weighted by molar-refractivity contribution is 5.20. The van der Waals surface area contributed by atoms with Gasteiger partial charge in [0.1, 0.15) is 0 Å². The molecule has 0 saturated heterocycles. The maximum atomic E-state index is 4.28. The number of hydrogen-bond acceptors (Lipinski definition) is 0. The number of unbranched alkanes of at least 4 members (excludes halogenated alkanes) is 10. The second-order valence-corrected chi connectivity index (χ2v) is 15.1. The summed E-state index contributed by atoms with van der Waals surface area (Å²) in [4.78, 5) is 0. The van der Waals surface area contributed by atoms with Crippen LogP contribution in [-0.4, -0.2) is 0 Å². The van der Waals surface area contributed by atoms with E-state index in [9.17, 15) is 0 Å². The average Bonchev–Trinajstić information content (AvgIpc) is 3.01. The van der Waals surface area contributed by atoms with Gasteiger partial charge in [0.25, 0.3) is 0 Å². The highest BCUT2D eigenvalue weighted by atomic mass is 14.1. The summed E-state index contributed by atoms with van der Waals surface area (Å²) < 4.78 is 0. The zero-order chi connectivity index (χ0) is 37.0. The minimum atomic E-state index is 0.897. The zero-order valence-electron chi connectivity index (χ0n) is 35.1. The van der Waals surface area contributed by atoms with Gasteiger partial charge in [0.2, 0.25) is 0 Å². The Balaban J connectivity index is -0.00000175. The van der Waals surface area contributed by atoms with E-state index < -0.39 is 0 Å². The van der Waals surface area contributed by atoms with Crippen molar-refractivity contribution < 1.29 is 0 Å². The highest BCUT2D eigenvalue weighted by Gasteiger charge is 2.03. The fourth-order valence-electron chi connectivity index (χ4n) is 5.73. The fraction of sp³-hybridized carbons (Fsp3) is 0.708. The maximum absolute atomic E-state index is 4.28. The van der Waals surface area contributed by atoms with E-state index in [4.69, 9.17) is 0 Å². The van der Waals surface area contributed by atoms with Gasteiger partial charge >= 0.3 is 0 Å². The first-order valence-corrected chi connectivity index (χ1v) is 20.5. The van der Waals surface area contributed by atoms with Gasteiger partial charge in [-0.2, -0.15) is 0 Å². The molecule has 0 aliphatic heterocycles. The van der Waals surface area contributed by atoms with E-state index in [0.29, 0.717) is 0 Å². The zero-order valence-corrected chi connectivity index (χ0v) is 35.1. The number of hydrogen-bond donors (Lipinski definition) is 0. The smallest absolute Gasteiger partial charge is 0.0285 e. The monoisotopic (exact) mass is 665 g/mol. The van der Waals surface area contributed by atoms with E-state index in [1.54, 1.807) is 0 Å².